The first kappa shape index (κ1) is 13.0. The summed E-state index contributed by atoms with van der Waals surface area (Å²) >= 11 is 0. The first-order valence-corrected chi connectivity index (χ1v) is 5.79. The van der Waals surface area contributed by atoms with Crippen molar-refractivity contribution >= 4 is 5.95 Å². The average Bonchev–Trinajstić information content (AvgIpc) is 2.47. The zero-order valence-corrected chi connectivity index (χ0v) is 10.8. The Balaban J connectivity index is 2.32. The molecule has 1 heterocycles. The molecule has 0 spiro atoms. The highest BCUT2D eigenvalue weighted by Gasteiger charge is 2.09. The molecule has 2 rings (SSSR count). The zero-order valence-electron chi connectivity index (χ0n) is 10.8. The summed E-state index contributed by atoms with van der Waals surface area (Å²) in [5.74, 6) is 6.15. The number of hydrazine groups is 1. The van der Waals surface area contributed by atoms with Gasteiger partial charge in [0.05, 0.1) is 7.11 Å². The van der Waals surface area contributed by atoms with Crippen LogP contribution < -0.4 is 20.7 Å². The van der Waals surface area contributed by atoms with Gasteiger partial charge >= 0.3 is 12.0 Å². The fraction of sp³-hybridized carbons (Fsp3) is 0.250. The lowest BCUT2D eigenvalue weighted by Gasteiger charge is -2.09. The van der Waals surface area contributed by atoms with E-state index < -0.39 is 0 Å². The summed E-state index contributed by atoms with van der Waals surface area (Å²) in [6.07, 6.45) is 0.848. The maximum atomic E-state index is 5.65. The second kappa shape index (κ2) is 5.96. The van der Waals surface area contributed by atoms with Crippen LogP contribution in [-0.4, -0.2) is 22.1 Å². The predicted octanol–water partition coefficient (Wildman–Crippen LogP) is 1.52. The molecule has 0 saturated carbocycles. The van der Waals surface area contributed by atoms with Crippen LogP contribution in [0.15, 0.2) is 24.3 Å². The number of benzene rings is 1. The van der Waals surface area contributed by atoms with E-state index in [0.717, 1.165) is 12.0 Å². The standard InChI is InChI=1S/C12H15N5O2/c1-3-8-6-4-5-7-9(8)19-12-15-10(17-13)14-11(16-12)18-2/h4-7H,3,13H2,1-2H3,(H,14,15,16,17). The fourth-order valence-electron chi connectivity index (χ4n) is 1.53. The minimum absolute atomic E-state index is 0.126. The van der Waals surface area contributed by atoms with E-state index >= 15 is 0 Å². The van der Waals surface area contributed by atoms with E-state index in [1.165, 1.54) is 7.11 Å². The van der Waals surface area contributed by atoms with Gasteiger partial charge in [-0.1, -0.05) is 25.1 Å². The van der Waals surface area contributed by atoms with E-state index in [1.807, 2.05) is 31.2 Å². The van der Waals surface area contributed by atoms with Crippen molar-refractivity contribution in [3.63, 3.8) is 0 Å². The van der Waals surface area contributed by atoms with E-state index in [9.17, 15) is 0 Å². The summed E-state index contributed by atoms with van der Waals surface area (Å²) in [4.78, 5) is 11.9. The van der Waals surface area contributed by atoms with E-state index in [0.29, 0.717) is 5.75 Å². The Kier molecular flexibility index (Phi) is 4.09. The van der Waals surface area contributed by atoms with E-state index in [4.69, 9.17) is 15.3 Å². The number of ether oxygens (including phenoxy) is 2. The molecule has 0 radical (unpaired) electrons. The van der Waals surface area contributed by atoms with Crippen molar-refractivity contribution in [2.45, 2.75) is 13.3 Å². The van der Waals surface area contributed by atoms with Crippen LogP contribution in [0.1, 0.15) is 12.5 Å². The molecule has 7 nitrogen and oxygen atoms in total. The lowest BCUT2D eigenvalue weighted by molar-refractivity contribution is 0.359. The van der Waals surface area contributed by atoms with Crippen molar-refractivity contribution in [3.05, 3.63) is 29.8 Å². The Morgan fingerprint density at radius 3 is 2.58 bits per heavy atom. The third-order valence-corrected chi connectivity index (χ3v) is 2.46. The first-order chi connectivity index (χ1) is 9.26. The number of aromatic nitrogens is 3. The van der Waals surface area contributed by atoms with Gasteiger partial charge in [0.25, 0.3) is 0 Å². The van der Waals surface area contributed by atoms with Crippen molar-refractivity contribution in [3.8, 4) is 17.8 Å². The average molecular weight is 261 g/mol. The van der Waals surface area contributed by atoms with Gasteiger partial charge in [-0.15, -0.1) is 4.98 Å². The van der Waals surface area contributed by atoms with Crippen molar-refractivity contribution in [2.24, 2.45) is 5.84 Å². The summed E-state index contributed by atoms with van der Waals surface area (Å²) in [6, 6.07) is 7.93. The highest BCUT2D eigenvalue weighted by Crippen LogP contribution is 2.24. The van der Waals surface area contributed by atoms with Crippen LogP contribution >= 0.6 is 0 Å². The number of para-hydroxylation sites is 1. The molecule has 1 aromatic carbocycles. The van der Waals surface area contributed by atoms with Crippen LogP contribution in [0, 0.1) is 0 Å². The van der Waals surface area contributed by atoms with Crippen LogP contribution in [0.25, 0.3) is 0 Å². The minimum atomic E-state index is 0.126. The molecule has 0 saturated heterocycles. The molecule has 1 aromatic heterocycles. The molecule has 0 atom stereocenters. The van der Waals surface area contributed by atoms with Gasteiger partial charge in [0.15, 0.2) is 0 Å². The van der Waals surface area contributed by atoms with Crippen LogP contribution in [0.2, 0.25) is 0 Å². The molecule has 0 aliphatic heterocycles. The van der Waals surface area contributed by atoms with Gasteiger partial charge in [0.1, 0.15) is 5.75 Å². The van der Waals surface area contributed by atoms with Crippen LogP contribution in [0.3, 0.4) is 0 Å². The van der Waals surface area contributed by atoms with Gasteiger partial charge in [-0.05, 0) is 18.1 Å². The monoisotopic (exact) mass is 261 g/mol. The Hall–Kier alpha value is -2.41. The van der Waals surface area contributed by atoms with Gasteiger partial charge in [0.2, 0.25) is 5.95 Å². The second-order valence-electron chi connectivity index (χ2n) is 3.64. The molecule has 0 bridgehead atoms. The molecule has 3 N–H and O–H groups in total. The van der Waals surface area contributed by atoms with Crippen molar-refractivity contribution in [1.29, 1.82) is 0 Å². The maximum absolute atomic E-state index is 5.65. The highest BCUT2D eigenvalue weighted by atomic mass is 16.5. The minimum Gasteiger partial charge on any atom is -0.467 e. The normalized spacial score (nSPS) is 10.1. The summed E-state index contributed by atoms with van der Waals surface area (Å²) < 4.78 is 10.6. The number of methoxy groups -OCH3 is 1. The third kappa shape index (κ3) is 3.08. The number of hydrogen-bond acceptors (Lipinski definition) is 7. The number of nitrogens with one attached hydrogen (secondary N) is 1. The number of nitrogens with two attached hydrogens (primary N) is 1. The molecule has 0 aliphatic carbocycles. The predicted molar refractivity (Wildman–Crippen MR) is 70.1 cm³/mol. The second-order valence-corrected chi connectivity index (χ2v) is 3.64. The number of aryl methyl sites for hydroxylation is 1. The third-order valence-electron chi connectivity index (χ3n) is 2.46. The van der Waals surface area contributed by atoms with Gasteiger partial charge in [-0.3, -0.25) is 5.43 Å². The molecule has 0 unspecified atom stereocenters. The number of hydrogen-bond donors (Lipinski definition) is 2. The summed E-state index contributed by atoms with van der Waals surface area (Å²) in [6.45, 7) is 2.04. The summed E-state index contributed by atoms with van der Waals surface area (Å²) in [7, 11) is 1.46. The van der Waals surface area contributed by atoms with Gasteiger partial charge in [0, 0.05) is 0 Å². The molecule has 2 aromatic rings. The summed E-state index contributed by atoms with van der Waals surface area (Å²) in [5, 5.41) is 0. The molecule has 0 amide bonds. The SMILES string of the molecule is CCc1ccccc1Oc1nc(NN)nc(OC)n1. The van der Waals surface area contributed by atoms with Crippen molar-refractivity contribution < 1.29 is 9.47 Å². The molecule has 0 aliphatic rings. The van der Waals surface area contributed by atoms with Gasteiger partial charge in [-0.25, -0.2) is 5.84 Å². The Labute approximate surface area is 110 Å². The number of rotatable bonds is 5. The maximum Gasteiger partial charge on any atom is 0.330 e. The number of anilines is 1. The first-order valence-electron chi connectivity index (χ1n) is 5.79. The van der Waals surface area contributed by atoms with Crippen LogP contribution in [0.4, 0.5) is 5.95 Å². The Bertz CT molecular complexity index is 539. The Morgan fingerprint density at radius 1 is 1.16 bits per heavy atom. The van der Waals surface area contributed by atoms with Crippen LogP contribution in [0.5, 0.6) is 17.8 Å². The van der Waals surface area contributed by atoms with Gasteiger partial charge < -0.3 is 9.47 Å². The van der Waals surface area contributed by atoms with E-state index in [-0.39, 0.29) is 18.0 Å². The topological polar surface area (TPSA) is 95.2 Å². The molecule has 7 heteroatoms. The molecular weight excluding hydrogens is 246 g/mol. The van der Waals surface area contributed by atoms with Gasteiger partial charge in [-0.2, -0.15) is 9.97 Å². The highest BCUT2D eigenvalue weighted by molar-refractivity contribution is 5.36. The van der Waals surface area contributed by atoms with E-state index in [1.54, 1.807) is 0 Å². The smallest absolute Gasteiger partial charge is 0.330 e. The van der Waals surface area contributed by atoms with Crippen molar-refractivity contribution in [2.75, 3.05) is 12.5 Å². The van der Waals surface area contributed by atoms with Crippen LogP contribution in [-0.2, 0) is 6.42 Å². The molecule has 0 fully saturated rings. The zero-order chi connectivity index (χ0) is 13.7. The number of nitrogens with zero attached hydrogens (tertiary/aromatic N) is 3. The summed E-state index contributed by atoms with van der Waals surface area (Å²) in [5.41, 5.74) is 3.39. The Morgan fingerprint density at radius 2 is 1.89 bits per heavy atom. The molecule has 100 valence electrons. The quantitative estimate of drug-likeness (QED) is 0.622. The molecule has 19 heavy (non-hydrogen) atoms. The largest absolute Gasteiger partial charge is 0.467 e. The lowest BCUT2D eigenvalue weighted by Crippen LogP contribution is -2.12. The van der Waals surface area contributed by atoms with Crippen molar-refractivity contribution in [1.82, 2.24) is 15.0 Å². The lowest BCUT2D eigenvalue weighted by atomic mass is 10.1. The van der Waals surface area contributed by atoms with E-state index in [2.05, 4.69) is 20.4 Å². The molecular formula is C12H15N5O2. The fourth-order valence-corrected chi connectivity index (χ4v) is 1.53. The number of nitrogen functional groups attached to an aromatic ring is 1.